The van der Waals surface area contributed by atoms with E-state index in [1.807, 2.05) is 26.8 Å². The van der Waals surface area contributed by atoms with Gasteiger partial charge in [0.25, 0.3) is 0 Å². The van der Waals surface area contributed by atoms with E-state index in [-0.39, 0.29) is 0 Å². The first kappa shape index (κ1) is 72.3. The molecule has 2 N–H and O–H groups in total. The molecule has 0 aliphatic carbocycles. The second-order valence-electron chi connectivity index (χ2n) is 13.7. The van der Waals surface area contributed by atoms with Gasteiger partial charge in [-0.15, -0.1) is 0 Å². The van der Waals surface area contributed by atoms with Gasteiger partial charge in [0, 0.05) is 56.9 Å². The molecule has 0 aliphatic heterocycles. The molecule has 0 aliphatic rings. The van der Waals surface area contributed by atoms with Crippen LogP contribution in [0.25, 0.3) is 10.8 Å². The summed E-state index contributed by atoms with van der Waals surface area (Å²) in [4.78, 5) is 0. The highest BCUT2D eigenvalue weighted by molar-refractivity contribution is 14.1. The number of rotatable bonds is 0. The average Bonchev–Trinajstić information content (AvgIpc) is 3.41. The van der Waals surface area contributed by atoms with Crippen LogP contribution in [0.5, 0.6) is 11.5 Å². The first-order valence-electron chi connectivity index (χ1n) is 19.5. The molecule has 0 fully saturated rings. The molecule has 2 nitrogen and oxygen atoms in total. The summed E-state index contributed by atoms with van der Waals surface area (Å²) in [7, 11) is 0. The van der Waals surface area contributed by atoms with E-state index in [0.29, 0.717) is 5.75 Å². The molecular weight excluding hydrogens is 1930 g/mol. The third kappa shape index (κ3) is 17.2. The number of fused-ring (bicyclic) bond motifs is 1. The molecule has 0 unspecified atom stereocenters. The Labute approximate surface area is 528 Å². The molecule has 0 saturated heterocycles. The fraction of sp³-hybridized carbons (Fsp3) is 0.149. The lowest BCUT2D eigenvalue weighted by molar-refractivity contribution is 0.353. The number of aromatic hydroxyl groups is 2. The number of halogens is 26. The molecule has 28 heteroatoms. The first-order valence-corrected chi connectivity index (χ1v) is 28.9. The number of benzene rings is 7. The standard InChI is InChI=1S/C11H3F7.C7H3Br5.C7H3F5.C7H4F4O.C7H3I5.C6H6O.C2H6/c1-2-5(12)3-4(7(14)6(2)13)9(16)11(18)10(17)8(3)15;4*1-2-3(8)5(10)7(12)6(11)4(2)9;7-6-4-2-1-3-5-6;1-2/h1H3;2*1H3;12H,1H3;1H3;1-5,7H;1-2H3. The highest BCUT2D eigenvalue weighted by atomic mass is 127. The molecule has 75 heavy (non-hydrogen) atoms. The van der Waals surface area contributed by atoms with Gasteiger partial charge in [-0.2, -0.15) is 8.78 Å². The minimum Gasteiger partial charge on any atom is -0.508 e. The van der Waals surface area contributed by atoms with E-state index < -0.39 is 126 Å². The molecule has 0 atom stereocenters. The summed E-state index contributed by atoms with van der Waals surface area (Å²) in [6.07, 6.45) is 0. The summed E-state index contributed by atoms with van der Waals surface area (Å²) in [6.45, 7) is 10.7. The van der Waals surface area contributed by atoms with Crippen molar-refractivity contribution in [3.8, 4) is 11.5 Å². The molecule has 410 valence electrons. The lowest BCUT2D eigenvalue weighted by atomic mass is 10.0. The number of hydrogen-bond donors (Lipinski definition) is 2. The molecule has 0 heterocycles. The summed E-state index contributed by atoms with van der Waals surface area (Å²) in [6, 6.07) is 8.71. The Morgan fingerprint density at radius 1 is 0.293 bits per heavy atom. The highest BCUT2D eigenvalue weighted by Crippen LogP contribution is 2.44. The van der Waals surface area contributed by atoms with Gasteiger partial charge < -0.3 is 10.2 Å². The van der Waals surface area contributed by atoms with Crippen LogP contribution >= 0.6 is 193 Å². The van der Waals surface area contributed by atoms with Crippen LogP contribution in [0.4, 0.5) is 70.2 Å². The number of phenols is 2. The third-order valence-corrected chi connectivity index (χ3v) is 25.6. The summed E-state index contributed by atoms with van der Waals surface area (Å²) in [5, 5.41) is 14.0. The highest BCUT2D eigenvalue weighted by Gasteiger charge is 2.29. The Balaban J connectivity index is 0.000000454. The van der Waals surface area contributed by atoms with Crippen LogP contribution in [0.15, 0.2) is 52.7 Å². The molecular formula is C47H28Br5F16I5O2. The van der Waals surface area contributed by atoms with E-state index >= 15 is 0 Å². The van der Waals surface area contributed by atoms with Crippen molar-refractivity contribution in [2.75, 3.05) is 0 Å². The van der Waals surface area contributed by atoms with Crippen LogP contribution in [0.2, 0.25) is 0 Å². The molecule has 0 aromatic heterocycles. The maximum Gasteiger partial charge on any atom is 0.203 e. The predicted octanol–water partition coefficient (Wildman–Crippen LogP) is 22.3. The maximum atomic E-state index is 13.5. The van der Waals surface area contributed by atoms with Crippen LogP contribution in [0, 0.1) is 146 Å². The smallest absolute Gasteiger partial charge is 0.203 e. The van der Waals surface area contributed by atoms with Crippen LogP contribution < -0.4 is 0 Å². The zero-order valence-corrected chi connectivity index (χ0v) is 56.8. The van der Waals surface area contributed by atoms with Gasteiger partial charge in [-0.3, -0.25) is 0 Å². The van der Waals surface area contributed by atoms with Gasteiger partial charge in [-0.25, -0.2) is 61.5 Å². The van der Waals surface area contributed by atoms with E-state index in [9.17, 15) is 70.2 Å². The SMILES string of the molecule is CC.Cc1c(Br)c(Br)c(Br)c(Br)c1Br.Cc1c(F)c(F)c(F)c(F)c1F.Cc1c(F)c(F)c(O)c(F)c1F.Cc1c(F)c(F)c2c(F)c(F)c(F)c(F)c2c1F.Cc1c(I)c(I)c(I)c(I)c1I.Oc1ccccc1. The van der Waals surface area contributed by atoms with Crippen LogP contribution in [0.1, 0.15) is 41.7 Å². The summed E-state index contributed by atoms with van der Waals surface area (Å²) in [5.74, 6) is -31.9. The molecule has 0 spiro atoms. The molecule has 7 aromatic rings. The van der Waals surface area contributed by atoms with Gasteiger partial charge >= 0.3 is 0 Å². The van der Waals surface area contributed by atoms with E-state index in [1.165, 1.54) is 23.4 Å². The molecule has 7 aromatic carbocycles. The fourth-order valence-corrected chi connectivity index (χ4v) is 13.2. The lowest BCUT2D eigenvalue weighted by Gasteiger charge is -2.09. The zero-order chi connectivity index (χ0) is 58.7. The molecule has 0 saturated carbocycles. The summed E-state index contributed by atoms with van der Waals surface area (Å²) >= 11 is 29.4. The Morgan fingerprint density at radius 3 is 0.867 bits per heavy atom. The van der Waals surface area contributed by atoms with Gasteiger partial charge in [-0.05, 0) is 250 Å². The minimum atomic E-state index is -2.33. The summed E-state index contributed by atoms with van der Waals surface area (Å²) in [5.41, 5.74) is -0.0409. The maximum absolute atomic E-state index is 13.5. The number of para-hydroxylation sites is 1. The Bertz CT molecular complexity index is 2450. The minimum absolute atomic E-state index is 0.322. The van der Waals surface area contributed by atoms with E-state index in [1.54, 1.807) is 24.3 Å². The van der Waals surface area contributed by atoms with Crippen LogP contribution in [-0.4, -0.2) is 10.2 Å². The van der Waals surface area contributed by atoms with Gasteiger partial charge in [0.2, 0.25) is 17.5 Å². The van der Waals surface area contributed by atoms with Crippen molar-refractivity contribution in [3.05, 3.63) is 191 Å². The van der Waals surface area contributed by atoms with E-state index in [0.717, 1.165) is 48.7 Å². The number of phenolic OH excluding ortho intramolecular Hbond substituents is 2. The normalized spacial score (nSPS) is 10.3. The lowest BCUT2D eigenvalue weighted by Crippen LogP contribution is -2.05. The Kier molecular flexibility index (Phi) is 31.0. The van der Waals surface area contributed by atoms with Gasteiger partial charge in [-0.1, -0.05) is 32.0 Å². The summed E-state index contributed by atoms with van der Waals surface area (Å²) < 4.78 is 216. The van der Waals surface area contributed by atoms with E-state index in [4.69, 9.17) is 10.2 Å². The van der Waals surface area contributed by atoms with Crippen molar-refractivity contribution in [1.82, 2.24) is 0 Å². The van der Waals surface area contributed by atoms with Crippen LogP contribution in [0.3, 0.4) is 0 Å². The molecule has 0 bridgehead atoms. The topological polar surface area (TPSA) is 40.5 Å². The molecule has 0 amide bonds. The first-order chi connectivity index (χ1) is 34.5. The number of hydrogen-bond acceptors (Lipinski definition) is 2. The van der Waals surface area contributed by atoms with Gasteiger partial charge in [0.05, 0.1) is 10.8 Å². The van der Waals surface area contributed by atoms with E-state index in [2.05, 4.69) is 200 Å². The molecule has 0 radical (unpaired) electrons. The zero-order valence-electron chi connectivity index (χ0n) is 38.1. The average molecular weight is 1960 g/mol. The van der Waals surface area contributed by atoms with Gasteiger partial charge in [0.15, 0.2) is 75.6 Å². The van der Waals surface area contributed by atoms with Crippen molar-refractivity contribution in [3.63, 3.8) is 0 Å². The second-order valence-corrected chi connectivity index (χ2v) is 23.1. The second kappa shape index (κ2) is 32.1. The van der Waals surface area contributed by atoms with Crippen molar-refractivity contribution in [2.24, 2.45) is 0 Å². The van der Waals surface area contributed by atoms with Crippen molar-refractivity contribution >= 4 is 203 Å². The van der Waals surface area contributed by atoms with Gasteiger partial charge in [0.1, 0.15) is 11.6 Å². The van der Waals surface area contributed by atoms with Crippen LogP contribution in [-0.2, 0) is 0 Å². The Hall–Kier alpha value is -0.670. The fourth-order valence-electron chi connectivity index (χ4n) is 4.90. The Morgan fingerprint density at radius 2 is 0.533 bits per heavy atom. The van der Waals surface area contributed by atoms with Crippen molar-refractivity contribution in [2.45, 2.75) is 48.5 Å². The third-order valence-electron chi connectivity index (χ3n) is 9.06. The molecule has 7 rings (SSSR count). The quantitative estimate of drug-likeness (QED) is 0.0688. The van der Waals surface area contributed by atoms with Crippen molar-refractivity contribution in [1.29, 1.82) is 0 Å². The largest absolute Gasteiger partial charge is 0.508 e. The predicted molar refractivity (Wildman–Crippen MR) is 316 cm³/mol. The van der Waals surface area contributed by atoms with Crippen molar-refractivity contribution < 1.29 is 80.5 Å². The monoisotopic (exact) mass is 1960 g/mol.